The summed E-state index contributed by atoms with van der Waals surface area (Å²) < 4.78 is 7.80. The number of anilines is 1. The topological polar surface area (TPSA) is 89.1 Å². The number of hydrogen-bond acceptors (Lipinski definition) is 6. The SMILES string of the molecule is Cc1ccc(NC(=O)[C@H]2CN(C)C[C@@H]2c2nnc(-c3cc(CC(C)C)on3)n2C2CC2)c(C)c1. The number of benzene rings is 1. The molecular formula is C26H34N6O2. The van der Waals surface area contributed by atoms with E-state index in [9.17, 15) is 4.79 Å². The van der Waals surface area contributed by atoms with Gasteiger partial charge in [-0.05, 0) is 51.3 Å². The van der Waals surface area contributed by atoms with Gasteiger partial charge in [0.05, 0.1) is 5.92 Å². The first-order valence-electron chi connectivity index (χ1n) is 12.3. The van der Waals surface area contributed by atoms with Crippen LogP contribution in [-0.4, -0.2) is 50.9 Å². The number of likely N-dealkylation sites (N-methyl/N-ethyl adjacent to an activating group) is 1. The zero-order chi connectivity index (χ0) is 24.0. The van der Waals surface area contributed by atoms with E-state index >= 15 is 0 Å². The van der Waals surface area contributed by atoms with E-state index in [0.717, 1.165) is 60.2 Å². The van der Waals surface area contributed by atoms with E-state index in [1.165, 1.54) is 5.56 Å². The standard InChI is InChI=1S/C26H34N6O2/c1-15(2)10-19-12-23(30-34-19)25-29-28-24(32(25)18-7-8-18)20-13-31(5)14-21(20)26(33)27-22-9-6-16(3)11-17(22)4/h6,9,11-12,15,18,20-21H,7-8,10,13-14H2,1-5H3,(H,27,33)/t20-,21-/m0/s1. The molecule has 1 aliphatic heterocycles. The van der Waals surface area contributed by atoms with Gasteiger partial charge in [-0.3, -0.25) is 4.79 Å². The van der Waals surface area contributed by atoms with Crippen LogP contribution in [-0.2, 0) is 11.2 Å². The molecule has 2 aromatic heterocycles. The number of likely N-dealkylation sites (tertiary alicyclic amines) is 1. The molecule has 2 aliphatic rings. The Morgan fingerprint density at radius 3 is 2.68 bits per heavy atom. The molecule has 1 amide bonds. The van der Waals surface area contributed by atoms with Gasteiger partial charge in [-0.2, -0.15) is 0 Å². The highest BCUT2D eigenvalue weighted by Gasteiger charge is 2.43. The van der Waals surface area contributed by atoms with Gasteiger partial charge in [-0.15, -0.1) is 10.2 Å². The van der Waals surface area contributed by atoms with Crippen LogP contribution in [0.5, 0.6) is 0 Å². The molecule has 0 bridgehead atoms. The summed E-state index contributed by atoms with van der Waals surface area (Å²) in [4.78, 5) is 15.6. The molecule has 2 fully saturated rings. The molecule has 8 heteroatoms. The highest BCUT2D eigenvalue weighted by atomic mass is 16.5. The Morgan fingerprint density at radius 1 is 1.18 bits per heavy atom. The van der Waals surface area contributed by atoms with Crippen molar-refractivity contribution >= 4 is 11.6 Å². The van der Waals surface area contributed by atoms with Gasteiger partial charge >= 0.3 is 0 Å². The number of aryl methyl sites for hydroxylation is 2. The number of carbonyl (C=O) groups is 1. The minimum atomic E-state index is -0.200. The van der Waals surface area contributed by atoms with E-state index in [1.807, 2.05) is 25.1 Å². The molecule has 2 atom stereocenters. The Kier molecular flexibility index (Phi) is 6.02. The molecular weight excluding hydrogens is 428 g/mol. The van der Waals surface area contributed by atoms with Crippen LogP contribution in [0.2, 0.25) is 0 Å². The lowest BCUT2D eigenvalue weighted by molar-refractivity contribution is -0.119. The highest BCUT2D eigenvalue weighted by molar-refractivity contribution is 5.94. The average molecular weight is 463 g/mol. The van der Waals surface area contributed by atoms with Crippen molar-refractivity contribution in [1.29, 1.82) is 0 Å². The molecule has 3 heterocycles. The van der Waals surface area contributed by atoms with Crippen LogP contribution in [0.1, 0.15) is 61.4 Å². The first kappa shape index (κ1) is 22.8. The van der Waals surface area contributed by atoms with Crippen LogP contribution in [0.4, 0.5) is 5.69 Å². The molecule has 180 valence electrons. The number of nitrogens with one attached hydrogen (secondary N) is 1. The second-order valence-electron chi connectivity index (χ2n) is 10.5. The molecule has 5 rings (SSSR count). The molecule has 1 saturated carbocycles. The Morgan fingerprint density at radius 2 is 1.97 bits per heavy atom. The van der Waals surface area contributed by atoms with Crippen LogP contribution < -0.4 is 5.32 Å². The molecule has 0 spiro atoms. The van der Waals surface area contributed by atoms with E-state index in [0.29, 0.717) is 18.5 Å². The maximum absolute atomic E-state index is 13.4. The fourth-order valence-corrected chi connectivity index (χ4v) is 5.05. The summed E-state index contributed by atoms with van der Waals surface area (Å²) in [5, 5.41) is 16.7. The van der Waals surface area contributed by atoms with Gasteiger partial charge in [0.25, 0.3) is 0 Å². The van der Waals surface area contributed by atoms with Crippen molar-refractivity contribution in [2.75, 3.05) is 25.5 Å². The van der Waals surface area contributed by atoms with Crippen molar-refractivity contribution in [3.05, 3.63) is 47.0 Å². The zero-order valence-electron chi connectivity index (χ0n) is 20.7. The Balaban J connectivity index is 1.44. The second-order valence-corrected chi connectivity index (χ2v) is 10.5. The summed E-state index contributed by atoms with van der Waals surface area (Å²) in [5.41, 5.74) is 3.85. The van der Waals surface area contributed by atoms with Crippen LogP contribution in [0.15, 0.2) is 28.8 Å². The van der Waals surface area contributed by atoms with Gasteiger partial charge in [-0.25, -0.2) is 0 Å². The first-order valence-corrected chi connectivity index (χ1v) is 12.3. The summed E-state index contributed by atoms with van der Waals surface area (Å²) >= 11 is 0. The number of rotatable bonds is 7. The van der Waals surface area contributed by atoms with Crippen LogP contribution in [0.25, 0.3) is 11.5 Å². The summed E-state index contributed by atoms with van der Waals surface area (Å²) in [5.74, 6) is 2.80. The zero-order valence-corrected chi connectivity index (χ0v) is 20.7. The second kappa shape index (κ2) is 8.98. The maximum atomic E-state index is 13.4. The third kappa shape index (κ3) is 4.51. The van der Waals surface area contributed by atoms with E-state index in [4.69, 9.17) is 4.52 Å². The quantitative estimate of drug-likeness (QED) is 0.561. The molecule has 34 heavy (non-hydrogen) atoms. The van der Waals surface area contributed by atoms with E-state index in [-0.39, 0.29) is 17.7 Å². The highest BCUT2D eigenvalue weighted by Crippen LogP contribution is 2.43. The van der Waals surface area contributed by atoms with Crippen LogP contribution in [0.3, 0.4) is 0 Å². The van der Waals surface area contributed by atoms with Gasteiger partial charge < -0.3 is 19.3 Å². The van der Waals surface area contributed by atoms with Gasteiger partial charge in [0.15, 0.2) is 11.5 Å². The number of amides is 1. The normalized spacial score (nSPS) is 20.9. The summed E-state index contributed by atoms with van der Waals surface area (Å²) in [6.45, 7) is 9.87. The lowest BCUT2D eigenvalue weighted by Crippen LogP contribution is -2.29. The monoisotopic (exact) mass is 462 g/mol. The smallest absolute Gasteiger partial charge is 0.229 e. The number of carbonyl (C=O) groups excluding carboxylic acids is 1. The molecule has 3 aromatic rings. The van der Waals surface area contributed by atoms with E-state index in [1.54, 1.807) is 0 Å². The maximum Gasteiger partial charge on any atom is 0.229 e. The molecule has 8 nitrogen and oxygen atoms in total. The van der Waals surface area contributed by atoms with Crippen molar-refractivity contribution in [2.45, 2.75) is 58.9 Å². The van der Waals surface area contributed by atoms with E-state index < -0.39 is 0 Å². The van der Waals surface area contributed by atoms with Gasteiger partial charge in [-0.1, -0.05) is 36.7 Å². The fraction of sp³-hybridized carbons (Fsp3) is 0.538. The fourth-order valence-electron chi connectivity index (χ4n) is 5.05. The number of nitrogens with zero attached hydrogens (tertiary/aromatic N) is 5. The van der Waals surface area contributed by atoms with Crippen molar-refractivity contribution in [3.63, 3.8) is 0 Å². The lowest BCUT2D eigenvalue weighted by Gasteiger charge is -2.19. The van der Waals surface area contributed by atoms with Crippen molar-refractivity contribution < 1.29 is 9.32 Å². The molecule has 1 aliphatic carbocycles. The number of hydrogen-bond donors (Lipinski definition) is 1. The summed E-state index contributed by atoms with van der Waals surface area (Å²) in [6, 6.07) is 8.45. The van der Waals surface area contributed by atoms with Crippen LogP contribution in [0, 0.1) is 25.7 Å². The third-order valence-electron chi connectivity index (χ3n) is 6.84. The molecule has 1 N–H and O–H groups in total. The minimum Gasteiger partial charge on any atom is -0.361 e. The molecule has 1 saturated heterocycles. The Labute approximate surface area is 200 Å². The van der Waals surface area contributed by atoms with Crippen LogP contribution >= 0.6 is 0 Å². The van der Waals surface area contributed by atoms with E-state index in [2.05, 4.69) is 64.0 Å². The van der Waals surface area contributed by atoms with Gasteiger partial charge in [0.1, 0.15) is 11.6 Å². The van der Waals surface area contributed by atoms with Crippen molar-refractivity contribution in [2.24, 2.45) is 11.8 Å². The van der Waals surface area contributed by atoms with Gasteiger partial charge in [0.2, 0.25) is 5.91 Å². The van der Waals surface area contributed by atoms with Crippen molar-refractivity contribution in [1.82, 2.24) is 24.8 Å². The minimum absolute atomic E-state index is 0.0281. The lowest BCUT2D eigenvalue weighted by atomic mass is 9.93. The Bertz CT molecular complexity index is 1190. The predicted molar refractivity (Wildman–Crippen MR) is 131 cm³/mol. The largest absolute Gasteiger partial charge is 0.361 e. The summed E-state index contributed by atoms with van der Waals surface area (Å²) in [7, 11) is 2.06. The molecule has 1 aromatic carbocycles. The Hall–Kier alpha value is -3.00. The molecule has 0 unspecified atom stereocenters. The number of aromatic nitrogens is 4. The molecule has 0 radical (unpaired) electrons. The third-order valence-corrected chi connectivity index (χ3v) is 6.84. The first-order chi connectivity index (χ1) is 16.3. The summed E-state index contributed by atoms with van der Waals surface area (Å²) in [6.07, 6.45) is 3.03. The average Bonchev–Trinajstić information content (AvgIpc) is 3.16. The van der Waals surface area contributed by atoms with Crippen molar-refractivity contribution in [3.8, 4) is 11.5 Å². The van der Waals surface area contributed by atoms with Gasteiger partial charge in [0, 0.05) is 43.2 Å². The predicted octanol–water partition coefficient (Wildman–Crippen LogP) is 4.37.